The molecular formula is C25H24N4O2S2. The number of methoxy groups -OCH3 is 1. The lowest BCUT2D eigenvalue weighted by atomic mass is 10.1. The predicted octanol–water partition coefficient (Wildman–Crippen LogP) is 6.28. The summed E-state index contributed by atoms with van der Waals surface area (Å²) in [7, 11) is 1.67. The molecule has 0 atom stereocenters. The summed E-state index contributed by atoms with van der Waals surface area (Å²) in [6.07, 6.45) is 1.69. The van der Waals surface area contributed by atoms with Crippen LogP contribution in [0.4, 0.5) is 0 Å². The zero-order chi connectivity index (χ0) is 22.6. The Morgan fingerprint density at radius 3 is 2.70 bits per heavy atom. The molecule has 5 rings (SSSR count). The van der Waals surface area contributed by atoms with Gasteiger partial charge in [0, 0.05) is 29.7 Å². The zero-order valence-electron chi connectivity index (χ0n) is 18.5. The molecule has 0 aliphatic carbocycles. The second-order valence-electron chi connectivity index (χ2n) is 7.74. The van der Waals surface area contributed by atoms with Crippen molar-refractivity contribution >= 4 is 32.9 Å². The fourth-order valence-corrected chi connectivity index (χ4v) is 5.14. The molecule has 0 amide bonds. The monoisotopic (exact) mass is 476 g/mol. The Kier molecular flexibility index (Phi) is 6.48. The minimum Gasteiger partial charge on any atom is -0.497 e. The first kappa shape index (κ1) is 21.8. The topological polar surface area (TPSA) is 72.9 Å². The van der Waals surface area contributed by atoms with Crippen molar-refractivity contribution < 1.29 is 9.47 Å². The number of aryl methyl sites for hydroxylation is 2. The average Bonchev–Trinajstić information content (AvgIpc) is 3.58. The molecule has 0 radical (unpaired) electrons. The summed E-state index contributed by atoms with van der Waals surface area (Å²) in [4.78, 5) is 17.6. The van der Waals surface area contributed by atoms with Crippen LogP contribution in [0.2, 0.25) is 0 Å². The van der Waals surface area contributed by atoms with E-state index in [-0.39, 0.29) is 0 Å². The van der Waals surface area contributed by atoms with Gasteiger partial charge in [-0.2, -0.15) is 0 Å². The molecule has 2 aromatic carbocycles. The minimum atomic E-state index is 0.589. The SMILES string of the molecule is COc1ccc(COCCCc2nc(-c3nc(C)cs3)c(-c3ccc4ncsc4c3)[nH]2)cc1. The lowest BCUT2D eigenvalue weighted by Crippen LogP contribution is -1.98. The molecule has 0 saturated carbocycles. The molecule has 0 fully saturated rings. The molecule has 6 nitrogen and oxygen atoms in total. The Labute approximate surface area is 200 Å². The van der Waals surface area contributed by atoms with Gasteiger partial charge in [0.25, 0.3) is 0 Å². The maximum absolute atomic E-state index is 5.87. The Morgan fingerprint density at radius 1 is 1.03 bits per heavy atom. The van der Waals surface area contributed by atoms with Crippen molar-refractivity contribution in [1.82, 2.24) is 19.9 Å². The summed E-state index contributed by atoms with van der Waals surface area (Å²) in [5, 5.41) is 3.00. The van der Waals surface area contributed by atoms with E-state index in [0.717, 1.165) is 67.8 Å². The van der Waals surface area contributed by atoms with E-state index in [1.165, 1.54) is 0 Å². The Morgan fingerprint density at radius 2 is 1.91 bits per heavy atom. The summed E-state index contributed by atoms with van der Waals surface area (Å²) >= 11 is 3.27. The maximum atomic E-state index is 5.87. The first-order valence-corrected chi connectivity index (χ1v) is 12.5. The number of rotatable bonds is 9. The van der Waals surface area contributed by atoms with E-state index >= 15 is 0 Å². The van der Waals surface area contributed by atoms with Crippen molar-refractivity contribution in [2.45, 2.75) is 26.4 Å². The number of aromatic nitrogens is 4. The third-order valence-electron chi connectivity index (χ3n) is 5.32. The van der Waals surface area contributed by atoms with Crippen LogP contribution in [0.1, 0.15) is 23.5 Å². The number of hydrogen-bond donors (Lipinski definition) is 1. The summed E-state index contributed by atoms with van der Waals surface area (Å²) in [5.74, 6) is 1.80. The molecule has 3 aromatic heterocycles. The fourth-order valence-electron chi connectivity index (χ4n) is 3.63. The average molecular weight is 477 g/mol. The van der Waals surface area contributed by atoms with Crippen molar-refractivity contribution in [3.05, 3.63) is 70.4 Å². The standard InChI is InChI=1S/C25H24N4O2S2/c1-16-14-32-25(27-16)24-23(18-7-10-20-21(12-18)33-15-26-20)28-22(29-24)4-3-11-31-13-17-5-8-19(30-2)9-6-17/h5-10,12,14-15H,3-4,11,13H2,1-2H3,(H,28,29). The van der Waals surface area contributed by atoms with Gasteiger partial charge < -0.3 is 14.5 Å². The molecule has 3 heterocycles. The summed E-state index contributed by atoms with van der Waals surface area (Å²) in [6.45, 7) is 3.27. The summed E-state index contributed by atoms with van der Waals surface area (Å²) in [5.41, 5.74) is 8.06. The fraction of sp³-hybridized carbons (Fsp3) is 0.240. The molecule has 0 spiro atoms. The largest absolute Gasteiger partial charge is 0.497 e. The van der Waals surface area contributed by atoms with Crippen LogP contribution in [0.3, 0.4) is 0 Å². The second-order valence-corrected chi connectivity index (χ2v) is 9.48. The number of nitrogens with zero attached hydrogens (tertiary/aromatic N) is 3. The number of hydrogen-bond acceptors (Lipinski definition) is 7. The van der Waals surface area contributed by atoms with Crippen LogP contribution in [0.5, 0.6) is 5.75 Å². The molecule has 0 saturated heterocycles. The summed E-state index contributed by atoms with van der Waals surface area (Å²) < 4.78 is 12.2. The zero-order valence-corrected chi connectivity index (χ0v) is 20.1. The van der Waals surface area contributed by atoms with Gasteiger partial charge >= 0.3 is 0 Å². The number of ether oxygens (including phenoxy) is 2. The smallest absolute Gasteiger partial charge is 0.144 e. The van der Waals surface area contributed by atoms with Gasteiger partial charge in [-0.05, 0) is 43.2 Å². The van der Waals surface area contributed by atoms with Crippen LogP contribution in [-0.4, -0.2) is 33.7 Å². The minimum absolute atomic E-state index is 0.589. The molecule has 5 aromatic rings. The molecule has 0 unspecified atom stereocenters. The molecule has 33 heavy (non-hydrogen) atoms. The van der Waals surface area contributed by atoms with Gasteiger partial charge in [0.2, 0.25) is 0 Å². The van der Waals surface area contributed by atoms with Crippen LogP contribution in [0, 0.1) is 6.92 Å². The molecule has 0 aliphatic rings. The van der Waals surface area contributed by atoms with Crippen molar-refractivity contribution in [2.75, 3.05) is 13.7 Å². The maximum Gasteiger partial charge on any atom is 0.144 e. The normalized spacial score (nSPS) is 11.3. The number of imidazole rings is 1. The number of benzene rings is 2. The Bertz CT molecular complexity index is 1350. The van der Waals surface area contributed by atoms with Crippen molar-refractivity contribution in [1.29, 1.82) is 0 Å². The van der Waals surface area contributed by atoms with Gasteiger partial charge in [0.1, 0.15) is 22.3 Å². The van der Waals surface area contributed by atoms with Crippen LogP contribution < -0.4 is 4.74 Å². The highest BCUT2D eigenvalue weighted by Crippen LogP contribution is 2.34. The number of nitrogens with one attached hydrogen (secondary N) is 1. The lowest BCUT2D eigenvalue weighted by Gasteiger charge is -2.05. The van der Waals surface area contributed by atoms with E-state index in [0.29, 0.717) is 13.2 Å². The summed E-state index contributed by atoms with van der Waals surface area (Å²) in [6, 6.07) is 14.3. The molecule has 168 valence electrons. The number of fused-ring (bicyclic) bond motifs is 1. The number of aromatic amines is 1. The van der Waals surface area contributed by atoms with E-state index in [4.69, 9.17) is 14.5 Å². The third kappa shape index (κ3) is 4.98. The van der Waals surface area contributed by atoms with E-state index < -0.39 is 0 Å². The van der Waals surface area contributed by atoms with Gasteiger partial charge in [0.05, 0.1) is 35.1 Å². The van der Waals surface area contributed by atoms with E-state index in [2.05, 4.69) is 38.5 Å². The molecule has 0 aliphatic heterocycles. The molecule has 8 heteroatoms. The molecule has 0 bridgehead atoms. The van der Waals surface area contributed by atoms with Crippen molar-refractivity contribution in [3.8, 4) is 27.7 Å². The van der Waals surface area contributed by atoms with Gasteiger partial charge in [-0.3, -0.25) is 0 Å². The van der Waals surface area contributed by atoms with Gasteiger partial charge in [-0.1, -0.05) is 18.2 Å². The van der Waals surface area contributed by atoms with Crippen LogP contribution in [0.15, 0.2) is 53.4 Å². The second kappa shape index (κ2) is 9.82. The highest BCUT2D eigenvalue weighted by atomic mass is 32.1. The number of thiazole rings is 2. The highest BCUT2D eigenvalue weighted by Gasteiger charge is 2.17. The third-order valence-corrected chi connectivity index (χ3v) is 7.08. The Hall–Kier alpha value is -3.07. The molecular weight excluding hydrogens is 452 g/mol. The van der Waals surface area contributed by atoms with Gasteiger partial charge in [0.15, 0.2) is 0 Å². The van der Waals surface area contributed by atoms with Crippen molar-refractivity contribution in [2.24, 2.45) is 0 Å². The first-order valence-electron chi connectivity index (χ1n) is 10.8. The van der Waals surface area contributed by atoms with E-state index in [1.54, 1.807) is 29.8 Å². The van der Waals surface area contributed by atoms with Crippen LogP contribution >= 0.6 is 22.7 Å². The van der Waals surface area contributed by atoms with Crippen LogP contribution in [0.25, 0.3) is 32.2 Å². The lowest BCUT2D eigenvalue weighted by molar-refractivity contribution is 0.118. The van der Waals surface area contributed by atoms with E-state index in [9.17, 15) is 0 Å². The quantitative estimate of drug-likeness (QED) is 0.254. The van der Waals surface area contributed by atoms with Gasteiger partial charge in [-0.15, -0.1) is 22.7 Å². The number of H-pyrrole nitrogens is 1. The van der Waals surface area contributed by atoms with E-state index in [1.807, 2.05) is 36.7 Å². The van der Waals surface area contributed by atoms with Gasteiger partial charge in [-0.25, -0.2) is 15.0 Å². The Balaban J connectivity index is 1.28. The molecule has 1 N–H and O–H groups in total. The first-order chi connectivity index (χ1) is 16.2. The van der Waals surface area contributed by atoms with Crippen molar-refractivity contribution in [3.63, 3.8) is 0 Å². The highest BCUT2D eigenvalue weighted by molar-refractivity contribution is 7.16. The van der Waals surface area contributed by atoms with Crippen LogP contribution in [-0.2, 0) is 17.8 Å². The predicted molar refractivity (Wildman–Crippen MR) is 134 cm³/mol.